The minimum Gasteiger partial charge on any atom is -0.462 e. The van der Waals surface area contributed by atoms with Gasteiger partial charge in [-0.15, -0.1) is 0 Å². The van der Waals surface area contributed by atoms with Crippen molar-refractivity contribution in [1.29, 1.82) is 0 Å². The molecule has 80 heavy (non-hydrogen) atoms. The molecule has 454 valence electrons. The van der Waals surface area contributed by atoms with Gasteiger partial charge in [0.05, 0.1) is 0 Å². The van der Waals surface area contributed by atoms with Crippen LogP contribution < -0.4 is 0 Å². The second-order valence-corrected chi connectivity index (χ2v) is 21.6. The molecule has 0 aromatic rings. The number of carbonyl (C=O) groups is 3. The first kappa shape index (κ1) is 75.5. The van der Waals surface area contributed by atoms with Crippen LogP contribution in [-0.4, -0.2) is 37.2 Å². The van der Waals surface area contributed by atoms with Crippen molar-refractivity contribution in [3.8, 4) is 0 Å². The van der Waals surface area contributed by atoms with Crippen LogP contribution in [0.4, 0.5) is 0 Å². The van der Waals surface area contributed by atoms with E-state index in [-0.39, 0.29) is 31.1 Å². The van der Waals surface area contributed by atoms with Crippen LogP contribution in [-0.2, 0) is 28.6 Å². The van der Waals surface area contributed by atoms with Crippen molar-refractivity contribution in [2.45, 2.75) is 303 Å². The van der Waals surface area contributed by atoms with Crippen LogP contribution in [0.25, 0.3) is 0 Å². The SMILES string of the molecule is CC/C=C\C/C=C\C/C=C\C/C=C\C/C=C\C/C=C\C/C=C\CCCCCCCC(=O)OCC(COC(=O)CCCCCCCCCCCCCC)OC(=O)CCCCCCCCCCCC/C=C\C/C=C\C/C=C\C/C=C\CC. The van der Waals surface area contributed by atoms with Gasteiger partial charge in [0, 0.05) is 19.3 Å². The molecule has 0 fully saturated rings. The predicted molar refractivity (Wildman–Crippen MR) is 348 cm³/mol. The fraction of sp³-hybridized carbons (Fsp3) is 0.662. The summed E-state index contributed by atoms with van der Waals surface area (Å²) < 4.78 is 16.9. The lowest BCUT2D eigenvalue weighted by molar-refractivity contribution is -0.167. The van der Waals surface area contributed by atoms with Gasteiger partial charge in [0.1, 0.15) is 13.2 Å². The van der Waals surface area contributed by atoms with Gasteiger partial charge >= 0.3 is 17.9 Å². The highest BCUT2D eigenvalue weighted by molar-refractivity contribution is 5.71. The Balaban J connectivity index is 4.37. The Morgan fingerprint density at radius 3 is 0.762 bits per heavy atom. The molecular formula is C74H122O6. The van der Waals surface area contributed by atoms with Gasteiger partial charge in [0.25, 0.3) is 0 Å². The molecule has 0 aliphatic rings. The molecule has 0 aliphatic carbocycles. The van der Waals surface area contributed by atoms with E-state index < -0.39 is 6.10 Å². The Labute approximate surface area is 494 Å². The van der Waals surface area contributed by atoms with E-state index >= 15 is 0 Å². The average molecular weight is 1110 g/mol. The van der Waals surface area contributed by atoms with Crippen LogP contribution in [0.5, 0.6) is 0 Å². The van der Waals surface area contributed by atoms with Crippen molar-refractivity contribution in [3.05, 3.63) is 134 Å². The maximum Gasteiger partial charge on any atom is 0.306 e. The smallest absolute Gasteiger partial charge is 0.306 e. The Morgan fingerprint density at radius 2 is 0.487 bits per heavy atom. The normalized spacial score (nSPS) is 13.0. The van der Waals surface area contributed by atoms with Crippen molar-refractivity contribution >= 4 is 17.9 Å². The summed E-state index contributed by atoms with van der Waals surface area (Å²) in [7, 11) is 0. The van der Waals surface area contributed by atoms with E-state index in [1.54, 1.807) is 0 Å². The molecule has 0 aromatic carbocycles. The number of esters is 3. The molecule has 0 bridgehead atoms. The zero-order valence-corrected chi connectivity index (χ0v) is 52.0. The van der Waals surface area contributed by atoms with Crippen LogP contribution >= 0.6 is 0 Å². The lowest BCUT2D eigenvalue weighted by atomic mass is 10.0. The summed E-state index contributed by atoms with van der Waals surface area (Å²) in [5.41, 5.74) is 0. The van der Waals surface area contributed by atoms with Gasteiger partial charge in [-0.25, -0.2) is 0 Å². The van der Waals surface area contributed by atoms with Crippen LogP contribution in [0, 0.1) is 0 Å². The molecule has 0 aliphatic heterocycles. The summed E-state index contributed by atoms with van der Waals surface area (Å²) in [5, 5.41) is 0. The van der Waals surface area contributed by atoms with Gasteiger partial charge in [0.15, 0.2) is 6.10 Å². The molecule has 0 saturated heterocycles. The standard InChI is InChI=1S/C74H122O6/c1-4-7-10-13-16-19-22-25-27-29-31-33-35-36-37-38-40-41-43-45-47-49-52-55-58-61-64-67-73(76)79-70-71(69-78-72(75)66-63-60-57-54-51-24-21-18-15-12-9-6-3)80-74(77)68-65-62-59-56-53-50-48-46-44-42-39-34-32-30-28-26-23-20-17-14-11-8-5-2/h7-8,10-11,16-17,19-20,25-28,31-34,36-37,40-41,45,47,71H,4-6,9,12-15,18,21-24,29-30,35,38-39,42-44,46,48-70H2,1-3H3/b10-7-,11-8-,19-16-,20-17-,27-25-,28-26-,33-31-,34-32-,37-36-,41-40-,47-45-. The molecule has 0 aromatic heterocycles. The largest absolute Gasteiger partial charge is 0.462 e. The Bertz CT molecular complexity index is 1700. The Kier molecular flexibility index (Phi) is 63.3. The number of hydrogen-bond acceptors (Lipinski definition) is 6. The van der Waals surface area contributed by atoms with Gasteiger partial charge in [0.2, 0.25) is 0 Å². The number of carbonyl (C=O) groups excluding carboxylic acids is 3. The molecule has 0 spiro atoms. The summed E-state index contributed by atoms with van der Waals surface area (Å²) in [6, 6.07) is 0. The van der Waals surface area contributed by atoms with Crippen molar-refractivity contribution in [2.75, 3.05) is 13.2 Å². The first-order chi connectivity index (χ1) is 39.5. The zero-order chi connectivity index (χ0) is 57.8. The van der Waals surface area contributed by atoms with E-state index in [4.69, 9.17) is 14.2 Å². The van der Waals surface area contributed by atoms with Gasteiger partial charge in [-0.1, -0.05) is 296 Å². The van der Waals surface area contributed by atoms with Crippen LogP contribution in [0.15, 0.2) is 134 Å². The van der Waals surface area contributed by atoms with Gasteiger partial charge in [-0.2, -0.15) is 0 Å². The number of hydrogen-bond donors (Lipinski definition) is 0. The van der Waals surface area contributed by atoms with E-state index in [9.17, 15) is 14.4 Å². The maximum absolute atomic E-state index is 12.9. The lowest BCUT2D eigenvalue weighted by Gasteiger charge is -2.18. The molecule has 1 atom stereocenters. The second kappa shape index (κ2) is 67.1. The van der Waals surface area contributed by atoms with Crippen LogP contribution in [0.1, 0.15) is 297 Å². The monoisotopic (exact) mass is 1110 g/mol. The summed E-state index contributed by atoms with van der Waals surface area (Å²) in [6.07, 6.45) is 94.6. The highest BCUT2D eigenvalue weighted by Crippen LogP contribution is 2.16. The fourth-order valence-electron chi connectivity index (χ4n) is 9.00. The van der Waals surface area contributed by atoms with Gasteiger partial charge in [-0.3, -0.25) is 14.4 Å². The highest BCUT2D eigenvalue weighted by Gasteiger charge is 2.19. The van der Waals surface area contributed by atoms with E-state index in [1.165, 1.54) is 109 Å². The van der Waals surface area contributed by atoms with Crippen molar-refractivity contribution in [2.24, 2.45) is 0 Å². The number of ether oxygens (including phenoxy) is 3. The molecule has 6 heteroatoms. The Morgan fingerprint density at radius 1 is 0.263 bits per heavy atom. The number of rotatable bonds is 59. The Hall–Kier alpha value is -4.45. The summed E-state index contributed by atoms with van der Waals surface area (Å²) >= 11 is 0. The van der Waals surface area contributed by atoms with E-state index in [0.717, 1.165) is 148 Å². The molecule has 0 amide bonds. The molecule has 6 nitrogen and oxygen atoms in total. The molecule has 0 N–H and O–H groups in total. The maximum atomic E-state index is 12.9. The predicted octanol–water partition coefficient (Wildman–Crippen LogP) is 22.9. The quantitative estimate of drug-likeness (QED) is 0.0261. The number of unbranched alkanes of at least 4 members (excludes halogenated alkanes) is 26. The summed E-state index contributed by atoms with van der Waals surface area (Å²) in [5.74, 6) is -0.906. The van der Waals surface area contributed by atoms with E-state index in [2.05, 4.69) is 154 Å². The molecule has 0 heterocycles. The third-order valence-electron chi connectivity index (χ3n) is 13.9. The van der Waals surface area contributed by atoms with Crippen molar-refractivity contribution in [3.63, 3.8) is 0 Å². The van der Waals surface area contributed by atoms with Crippen molar-refractivity contribution in [1.82, 2.24) is 0 Å². The minimum absolute atomic E-state index is 0.0869. The topological polar surface area (TPSA) is 78.9 Å². The third-order valence-corrected chi connectivity index (χ3v) is 13.9. The highest BCUT2D eigenvalue weighted by atomic mass is 16.6. The summed E-state index contributed by atoms with van der Waals surface area (Å²) in [4.78, 5) is 38.4. The first-order valence-electron chi connectivity index (χ1n) is 33.2. The molecule has 0 radical (unpaired) electrons. The molecular weight excluding hydrogens is 985 g/mol. The third kappa shape index (κ3) is 64.4. The fourth-order valence-corrected chi connectivity index (χ4v) is 9.00. The van der Waals surface area contributed by atoms with Crippen LogP contribution in [0.2, 0.25) is 0 Å². The summed E-state index contributed by atoms with van der Waals surface area (Å²) in [6.45, 7) is 6.41. The van der Waals surface area contributed by atoms with Gasteiger partial charge in [-0.05, 0) is 116 Å². The lowest BCUT2D eigenvalue weighted by Crippen LogP contribution is -2.30. The molecule has 0 saturated carbocycles. The van der Waals surface area contributed by atoms with Crippen molar-refractivity contribution < 1.29 is 28.6 Å². The van der Waals surface area contributed by atoms with E-state index in [0.29, 0.717) is 19.3 Å². The molecule has 1 unspecified atom stereocenters. The first-order valence-corrected chi connectivity index (χ1v) is 33.2. The van der Waals surface area contributed by atoms with Gasteiger partial charge < -0.3 is 14.2 Å². The second-order valence-electron chi connectivity index (χ2n) is 21.6. The zero-order valence-electron chi connectivity index (χ0n) is 52.0. The number of allylic oxidation sites excluding steroid dienone is 22. The molecule has 0 rings (SSSR count). The average Bonchev–Trinajstić information content (AvgIpc) is 3.46. The minimum atomic E-state index is -0.793. The van der Waals surface area contributed by atoms with Crippen LogP contribution in [0.3, 0.4) is 0 Å². The van der Waals surface area contributed by atoms with E-state index in [1.807, 2.05) is 0 Å².